The molecule has 1 aromatic heterocycles. The molecule has 18 heavy (non-hydrogen) atoms. The van der Waals surface area contributed by atoms with Crippen LogP contribution in [0.5, 0.6) is 0 Å². The van der Waals surface area contributed by atoms with E-state index in [4.69, 9.17) is 4.74 Å². The van der Waals surface area contributed by atoms with Crippen LogP contribution in [0, 0.1) is 0 Å². The fourth-order valence-corrected chi connectivity index (χ4v) is 2.38. The normalized spacial score (nSPS) is 17.7. The molecule has 0 bridgehead atoms. The largest absolute Gasteiger partial charge is 0.379 e. The van der Waals surface area contributed by atoms with Crippen LogP contribution in [0.3, 0.4) is 0 Å². The zero-order valence-corrected chi connectivity index (χ0v) is 12.4. The van der Waals surface area contributed by atoms with Crippen LogP contribution in [-0.4, -0.2) is 53.3 Å². The number of morpholine rings is 1. The molecule has 0 amide bonds. The van der Waals surface area contributed by atoms with Gasteiger partial charge in [-0.15, -0.1) is 0 Å². The summed E-state index contributed by atoms with van der Waals surface area (Å²) in [5.41, 5.74) is 0.0775. The third-order valence-electron chi connectivity index (χ3n) is 3.22. The van der Waals surface area contributed by atoms with Gasteiger partial charge in [-0.3, -0.25) is 4.90 Å². The summed E-state index contributed by atoms with van der Waals surface area (Å²) < 4.78 is 6.28. The van der Waals surface area contributed by atoms with Gasteiger partial charge < -0.3 is 10.1 Å². The van der Waals surface area contributed by atoms with Crippen molar-refractivity contribution in [1.29, 1.82) is 0 Å². The van der Waals surface area contributed by atoms with E-state index in [9.17, 15) is 0 Å². The molecule has 1 fully saturated rings. The van der Waals surface area contributed by atoms with Gasteiger partial charge in [0, 0.05) is 31.4 Å². The SMILES string of the molecule is CC(C)(CNc1ncncc1Br)N1CCOCC1. The van der Waals surface area contributed by atoms with E-state index in [2.05, 4.69) is 50.0 Å². The first kappa shape index (κ1) is 13.7. The highest BCUT2D eigenvalue weighted by atomic mass is 79.9. The Bertz CT molecular complexity index is 393. The maximum atomic E-state index is 5.39. The number of aromatic nitrogens is 2. The van der Waals surface area contributed by atoms with Crippen LogP contribution >= 0.6 is 15.9 Å². The Balaban J connectivity index is 1.94. The van der Waals surface area contributed by atoms with Crippen molar-refractivity contribution in [3.63, 3.8) is 0 Å². The summed E-state index contributed by atoms with van der Waals surface area (Å²) in [5.74, 6) is 0.839. The number of hydrogen-bond acceptors (Lipinski definition) is 5. The van der Waals surface area contributed by atoms with E-state index in [-0.39, 0.29) is 5.54 Å². The first-order valence-electron chi connectivity index (χ1n) is 6.12. The third-order valence-corrected chi connectivity index (χ3v) is 3.80. The van der Waals surface area contributed by atoms with Gasteiger partial charge in [0.05, 0.1) is 17.7 Å². The maximum Gasteiger partial charge on any atom is 0.143 e. The second-order valence-electron chi connectivity index (χ2n) is 4.98. The van der Waals surface area contributed by atoms with Crippen molar-refractivity contribution in [2.75, 3.05) is 38.2 Å². The van der Waals surface area contributed by atoms with Crippen LogP contribution in [0.15, 0.2) is 17.0 Å². The van der Waals surface area contributed by atoms with Gasteiger partial charge in [-0.05, 0) is 29.8 Å². The topological polar surface area (TPSA) is 50.3 Å². The third kappa shape index (κ3) is 3.40. The van der Waals surface area contributed by atoms with Gasteiger partial charge in [-0.25, -0.2) is 9.97 Å². The second-order valence-corrected chi connectivity index (χ2v) is 5.84. The van der Waals surface area contributed by atoms with E-state index in [1.54, 1.807) is 12.5 Å². The lowest BCUT2D eigenvalue weighted by molar-refractivity contribution is -0.00570. The van der Waals surface area contributed by atoms with Crippen LogP contribution in [0.1, 0.15) is 13.8 Å². The molecule has 1 aliphatic rings. The number of anilines is 1. The summed E-state index contributed by atoms with van der Waals surface area (Å²) in [6.07, 6.45) is 3.30. The van der Waals surface area contributed by atoms with Gasteiger partial charge in [0.2, 0.25) is 0 Å². The van der Waals surface area contributed by atoms with E-state index in [1.165, 1.54) is 0 Å². The predicted octanol–water partition coefficient (Wildman–Crippen LogP) is 1.76. The molecule has 0 radical (unpaired) electrons. The number of hydrogen-bond donors (Lipinski definition) is 1. The Morgan fingerprint density at radius 3 is 2.83 bits per heavy atom. The van der Waals surface area contributed by atoms with E-state index < -0.39 is 0 Å². The minimum atomic E-state index is 0.0775. The molecule has 1 saturated heterocycles. The Labute approximate surface area is 116 Å². The highest BCUT2D eigenvalue weighted by Gasteiger charge is 2.28. The standard InChI is InChI=1S/C12H19BrN4O/c1-12(2,17-3-5-18-6-4-17)8-15-11-10(13)7-14-9-16-11/h7,9H,3-6,8H2,1-2H3,(H,14,15,16). The summed E-state index contributed by atoms with van der Waals surface area (Å²) in [6, 6.07) is 0. The number of nitrogens with one attached hydrogen (secondary N) is 1. The number of rotatable bonds is 4. The Morgan fingerprint density at radius 2 is 2.17 bits per heavy atom. The van der Waals surface area contributed by atoms with Crippen molar-refractivity contribution in [3.8, 4) is 0 Å². The van der Waals surface area contributed by atoms with Gasteiger partial charge in [-0.2, -0.15) is 0 Å². The molecular weight excluding hydrogens is 296 g/mol. The summed E-state index contributed by atoms with van der Waals surface area (Å²) in [6.45, 7) is 8.92. The molecule has 1 aliphatic heterocycles. The van der Waals surface area contributed by atoms with Gasteiger partial charge in [0.25, 0.3) is 0 Å². The number of ether oxygens (including phenoxy) is 1. The molecule has 0 spiro atoms. The highest BCUT2D eigenvalue weighted by Crippen LogP contribution is 2.20. The molecule has 2 rings (SSSR count). The molecule has 0 aliphatic carbocycles. The molecule has 0 atom stereocenters. The number of halogens is 1. The van der Waals surface area contributed by atoms with Gasteiger partial charge in [0.15, 0.2) is 0 Å². The minimum absolute atomic E-state index is 0.0775. The number of nitrogens with zero attached hydrogens (tertiary/aromatic N) is 3. The molecule has 100 valence electrons. The molecule has 1 aromatic rings. The van der Waals surface area contributed by atoms with Crippen LogP contribution < -0.4 is 5.32 Å². The van der Waals surface area contributed by atoms with Crippen molar-refractivity contribution in [1.82, 2.24) is 14.9 Å². The van der Waals surface area contributed by atoms with Crippen molar-refractivity contribution in [2.24, 2.45) is 0 Å². The quantitative estimate of drug-likeness (QED) is 0.917. The van der Waals surface area contributed by atoms with Gasteiger partial charge >= 0.3 is 0 Å². The lowest BCUT2D eigenvalue weighted by Crippen LogP contribution is -2.53. The molecule has 0 saturated carbocycles. The fourth-order valence-electron chi connectivity index (χ4n) is 2.02. The zero-order chi connectivity index (χ0) is 13.0. The second kappa shape index (κ2) is 5.95. The molecule has 0 aromatic carbocycles. The average molecular weight is 315 g/mol. The van der Waals surface area contributed by atoms with Crippen molar-refractivity contribution in [3.05, 3.63) is 17.0 Å². The van der Waals surface area contributed by atoms with Crippen molar-refractivity contribution >= 4 is 21.7 Å². The van der Waals surface area contributed by atoms with E-state index in [0.717, 1.165) is 43.1 Å². The molecular formula is C12H19BrN4O. The van der Waals surface area contributed by atoms with Crippen LogP contribution in [0.2, 0.25) is 0 Å². The van der Waals surface area contributed by atoms with Gasteiger partial charge in [0.1, 0.15) is 12.1 Å². The molecule has 1 N–H and O–H groups in total. The zero-order valence-electron chi connectivity index (χ0n) is 10.8. The van der Waals surface area contributed by atoms with Crippen LogP contribution in [0.25, 0.3) is 0 Å². The predicted molar refractivity (Wildman–Crippen MR) is 74.7 cm³/mol. The monoisotopic (exact) mass is 314 g/mol. The van der Waals surface area contributed by atoms with Gasteiger partial charge in [-0.1, -0.05) is 0 Å². The smallest absolute Gasteiger partial charge is 0.143 e. The first-order chi connectivity index (χ1) is 8.59. The van der Waals surface area contributed by atoms with Crippen molar-refractivity contribution < 1.29 is 4.74 Å². The fraction of sp³-hybridized carbons (Fsp3) is 0.667. The average Bonchev–Trinajstić information content (AvgIpc) is 2.39. The minimum Gasteiger partial charge on any atom is -0.379 e. The van der Waals surface area contributed by atoms with E-state index in [0.29, 0.717) is 0 Å². The Morgan fingerprint density at radius 1 is 1.44 bits per heavy atom. The summed E-state index contributed by atoms with van der Waals surface area (Å²) in [5, 5.41) is 3.37. The van der Waals surface area contributed by atoms with Crippen LogP contribution in [-0.2, 0) is 4.74 Å². The molecule has 5 nitrogen and oxygen atoms in total. The molecule has 2 heterocycles. The maximum absolute atomic E-state index is 5.39. The van der Waals surface area contributed by atoms with Crippen LogP contribution in [0.4, 0.5) is 5.82 Å². The lowest BCUT2D eigenvalue weighted by atomic mass is 10.0. The summed E-state index contributed by atoms with van der Waals surface area (Å²) >= 11 is 3.44. The molecule has 0 unspecified atom stereocenters. The highest BCUT2D eigenvalue weighted by molar-refractivity contribution is 9.10. The van der Waals surface area contributed by atoms with E-state index in [1.807, 2.05) is 0 Å². The van der Waals surface area contributed by atoms with Crippen molar-refractivity contribution in [2.45, 2.75) is 19.4 Å². The van der Waals surface area contributed by atoms with E-state index >= 15 is 0 Å². The Kier molecular flexibility index (Phi) is 4.53. The molecule has 6 heteroatoms. The summed E-state index contributed by atoms with van der Waals surface area (Å²) in [4.78, 5) is 10.6. The summed E-state index contributed by atoms with van der Waals surface area (Å²) in [7, 11) is 0. The Hall–Kier alpha value is -0.720. The lowest BCUT2D eigenvalue weighted by Gasteiger charge is -2.41. The first-order valence-corrected chi connectivity index (χ1v) is 6.91.